The molecular formula is C20H16BrNO6. The lowest BCUT2D eigenvalue weighted by molar-refractivity contribution is -0.139. The molecule has 2 rings (SSSR count). The van der Waals surface area contributed by atoms with Crippen molar-refractivity contribution in [2.75, 3.05) is 13.2 Å². The highest BCUT2D eigenvalue weighted by atomic mass is 79.9. The molecule has 144 valence electrons. The van der Waals surface area contributed by atoms with Crippen LogP contribution in [0.15, 0.2) is 40.9 Å². The van der Waals surface area contributed by atoms with Crippen LogP contribution in [0.4, 0.5) is 0 Å². The number of aliphatic carboxylic acids is 1. The molecule has 0 radical (unpaired) electrons. The van der Waals surface area contributed by atoms with Gasteiger partial charge in [-0.15, -0.1) is 0 Å². The van der Waals surface area contributed by atoms with Crippen LogP contribution in [-0.4, -0.2) is 35.4 Å². The van der Waals surface area contributed by atoms with E-state index in [0.717, 1.165) is 0 Å². The Morgan fingerprint density at radius 2 is 1.71 bits per heavy atom. The van der Waals surface area contributed by atoms with Crippen molar-refractivity contribution in [3.05, 3.63) is 57.6 Å². The molecule has 0 heterocycles. The van der Waals surface area contributed by atoms with Crippen molar-refractivity contribution >= 4 is 39.5 Å². The number of benzene rings is 2. The Morgan fingerprint density at radius 3 is 2.25 bits per heavy atom. The molecule has 8 heteroatoms. The van der Waals surface area contributed by atoms with Gasteiger partial charge in [0.05, 0.1) is 23.8 Å². The summed E-state index contributed by atoms with van der Waals surface area (Å²) in [7, 11) is 0. The van der Waals surface area contributed by atoms with Crippen LogP contribution in [-0.2, 0) is 4.79 Å². The van der Waals surface area contributed by atoms with Gasteiger partial charge in [-0.3, -0.25) is 0 Å². The van der Waals surface area contributed by atoms with Gasteiger partial charge < -0.3 is 19.7 Å². The molecule has 0 fully saturated rings. The molecule has 2 N–H and O–H groups in total. The SMILES string of the molecule is CCOc1cc(/C=C(/C#N)c2ccc(C(=O)O)cc2)c(Br)cc1OCC(=O)O. The Bertz CT molecular complexity index is 960. The standard InChI is InChI=1S/C20H16BrNO6/c1-2-27-17-8-14(16(21)9-18(17)28-11-19(23)24)7-15(10-22)12-3-5-13(6-4-12)20(25)26/h3-9H,2,11H2,1H3,(H,23,24)(H,25,26)/b15-7-. The summed E-state index contributed by atoms with van der Waals surface area (Å²) in [6, 6.07) is 11.3. The number of halogens is 1. The lowest BCUT2D eigenvalue weighted by atomic mass is 10.0. The zero-order valence-corrected chi connectivity index (χ0v) is 16.4. The van der Waals surface area contributed by atoms with Crippen LogP contribution < -0.4 is 9.47 Å². The van der Waals surface area contributed by atoms with E-state index in [4.69, 9.17) is 19.7 Å². The predicted molar refractivity (Wildman–Crippen MR) is 105 cm³/mol. The Kier molecular flexibility index (Phi) is 7.18. The van der Waals surface area contributed by atoms with Crippen molar-refractivity contribution in [1.82, 2.24) is 0 Å². The molecule has 0 unspecified atom stereocenters. The van der Waals surface area contributed by atoms with Crippen LogP contribution in [0.3, 0.4) is 0 Å². The molecular weight excluding hydrogens is 430 g/mol. The number of aromatic carboxylic acids is 1. The van der Waals surface area contributed by atoms with Gasteiger partial charge >= 0.3 is 11.9 Å². The average Bonchev–Trinajstić information content (AvgIpc) is 2.67. The highest BCUT2D eigenvalue weighted by Gasteiger charge is 2.13. The number of hydrogen-bond acceptors (Lipinski definition) is 5. The molecule has 0 amide bonds. The fraction of sp³-hybridized carbons (Fsp3) is 0.150. The summed E-state index contributed by atoms with van der Waals surface area (Å²) in [6.45, 7) is 1.61. The average molecular weight is 446 g/mol. The van der Waals surface area contributed by atoms with Gasteiger partial charge in [0, 0.05) is 4.47 Å². The monoisotopic (exact) mass is 445 g/mol. The van der Waals surface area contributed by atoms with Crippen LogP contribution in [0.2, 0.25) is 0 Å². The predicted octanol–water partition coefficient (Wildman–Crippen LogP) is 4.07. The molecule has 0 atom stereocenters. The first-order valence-corrected chi connectivity index (χ1v) is 8.91. The summed E-state index contributed by atoms with van der Waals surface area (Å²) < 4.78 is 11.3. The maximum absolute atomic E-state index is 11.0. The molecule has 0 aliphatic rings. The number of carboxylic acids is 2. The van der Waals surface area contributed by atoms with E-state index in [1.807, 2.05) is 0 Å². The molecule has 0 aliphatic carbocycles. The highest BCUT2D eigenvalue weighted by molar-refractivity contribution is 9.10. The van der Waals surface area contributed by atoms with E-state index in [-0.39, 0.29) is 11.3 Å². The van der Waals surface area contributed by atoms with Crippen molar-refractivity contribution in [2.45, 2.75) is 6.92 Å². The second-order valence-corrected chi connectivity index (χ2v) is 6.34. The summed E-state index contributed by atoms with van der Waals surface area (Å²) in [4.78, 5) is 21.7. The highest BCUT2D eigenvalue weighted by Crippen LogP contribution is 2.35. The number of nitrogens with zero attached hydrogens (tertiary/aromatic N) is 1. The molecule has 0 aliphatic heterocycles. The lowest BCUT2D eigenvalue weighted by Crippen LogP contribution is -2.10. The number of carboxylic acid groups (broad SMARTS) is 2. The molecule has 7 nitrogen and oxygen atoms in total. The van der Waals surface area contributed by atoms with E-state index >= 15 is 0 Å². The zero-order valence-electron chi connectivity index (χ0n) is 14.8. The molecule has 0 bridgehead atoms. The number of ether oxygens (including phenoxy) is 2. The molecule has 2 aromatic carbocycles. The summed E-state index contributed by atoms with van der Waals surface area (Å²) in [5.41, 5.74) is 1.62. The Morgan fingerprint density at radius 1 is 1.11 bits per heavy atom. The van der Waals surface area contributed by atoms with Gasteiger partial charge in [0.15, 0.2) is 18.1 Å². The Hall–Kier alpha value is -3.31. The maximum atomic E-state index is 11.0. The third-order valence-corrected chi connectivity index (χ3v) is 4.26. The van der Waals surface area contributed by atoms with Crippen LogP contribution in [0.1, 0.15) is 28.4 Å². The van der Waals surface area contributed by atoms with Crippen LogP contribution in [0.25, 0.3) is 11.6 Å². The van der Waals surface area contributed by atoms with Crippen molar-refractivity contribution in [3.63, 3.8) is 0 Å². The maximum Gasteiger partial charge on any atom is 0.341 e. The molecule has 2 aromatic rings. The van der Waals surface area contributed by atoms with Gasteiger partial charge in [-0.25, -0.2) is 9.59 Å². The molecule has 0 saturated heterocycles. The molecule has 0 saturated carbocycles. The third-order valence-electron chi connectivity index (χ3n) is 3.58. The zero-order chi connectivity index (χ0) is 20.7. The van der Waals surface area contributed by atoms with Crippen molar-refractivity contribution in [2.24, 2.45) is 0 Å². The smallest absolute Gasteiger partial charge is 0.341 e. The summed E-state index contributed by atoms with van der Waals surface area (Å²) in [6.07, 6.45) is 1.61. The van der Waals surface area contributed by atoms with Crippen molar-refractivity contribution in [1.29, 1.82) is 5.26 Å². The van der Waals surface area contributed by atoms with E-state index in [0.29, 0.717) is 33.5 Å². The first-order chi connectivity index (χ1) is 13.3. The van der Waals surface area contributed by atoms with E-state index in [1.165, 1.54) is 12.1 Å². The largest absolute Gasteiger partial charge is 0.490 e. The second kappa shape index (κ2) is 9.58. The lowest BCUT2D eigenvalue weighted by Gasteiger charge is -2.13. The summed E-state index contributed by atoms with van der Waals surface area (Å²) >= 11 is 3.39. The topological polar surface area (TPSA) is 117 Å². The number of nitriles is 1. The minimum Gasteiger partial charge on any atom is -0.490 e. The van der Waals surface area contributed by atoms with Crippen molar-refractivity contribution in [3.8, 4) is 17.6 Å². The summed E-state index contributed by atoms with van der Waals surface area (Å²) in [5.74, 6) is -1.55. The quantitative estimate of drug-likeness (QED) is 0.464. The fourth-order valence-corrected chi connectivity index (χ4v) is 2.75. The Balaban J connectivity index is 2.43. The van der Waals surface area contributed by atoms with E-state index in [9.17, 15) is 14.9 Å². The van der Waals surface area contributed by atoms with Crippen LogP contribution in [0, 0.1) is 11.3 Å². The minimum atomic E-state index is -1.11. The second-order valence-electron chi connectivity index (χ2n) is 5.49. The van der Waals surface area contributed by atoms with Gasteiger partial charge in [-0.2, -0.15) is 5.26 Å². The van der Waals surface area contributed by atoms with Gasteiger partial charge in [0.2, 0.25) is 0 Å². The van der Waals surface area contributed by atoms with Crippen LogP contribution in [0.5, 0.6) is 11.5 Å². The Labute approximate surface area is 169 Å². The van der Waals surface area contributed by atoms with E-state index in [1.54, 1.807) is 37.3 Å². The molecule has 0 aromatic heterocycles. The first-order valence-electron chi connectivity index (χ1n) is 8.12. The van der Waals surface area contributed by atoms with Gasteiger partial charge in [0.1, 0.15) is 0 Å². The van der Waals surface area contributed by atoms with Gasteiger partial charge in [0.25, 0.3) is 0 Å². The number of allylic oxidation sites excluding steroid dienone is 1. The number of hydrogen-bond donors (Lipinski definition) is 2. The summed E-state index contributed by atoms with van der Waals surface area (Å²) in [5, 5.41) is 27.3. The molecule has 28 heavy (non-hydrogen) atoms. The number of carbonyl (C=O) groups is 2. The van der Waals surface area contributed by atoms with Crippen LogP contribution >= 0.6 is 15.9 Å². The molecule has 0 spiro atoms. The fourth-order valence-electron chi connectivity index (χ4n) is 2.31. The van der Waals surface area contributed by atoms with E-state index < -0.39 is 18.5 Å². The normalized spacial score (nSPS) is 10.8. The van der Waals surface area contributed by atoms with Gasteiger partial charge in [-0.05, 0) is 48.4 Å². The van der Waals surface area contributed by atoms with Gasteiger partial charge in [-0.1, -0.05) is 28.1 Å². The van der Waals surface area contributed by atoms with E-state index in [2.05, 4.69) is 22.0 Å². The number of rotatable bonds is 8. The first kappa shape index (κ1) is 21.0. The minimum absolute atomic E-state index is 0.126. The third kappa shape index (κ3) is 5.34. The van der Waals surface area contributed by atoms with Crippen molar-refractivity contribution < 1.29 is 29.3 Å².